The van der Waals surface area contributed by atoms with Crippen LogP contribution in [-0.2, 0) is 23.9 Å². The van der Waals surface area contributed by atoms with Crippen LogP contribution in [-0.4, -0.2) is 78.5 Å². The standard InChI is InChI=1S/C32H33ClF3N9O4/c1-3-22-27(43-9-11-44(12-10-43)31(49)26-28(47)17(2)38-16-39-26)29(48)25-30(37-14-23(42-25)40-19-5-4-6-19)45(22)15-24(46)41-21-8-7-18(13-20(21)33)32(34,35)36/h7-8,13-14,16,19,47H,3-6,9-12,15H2,1-2H3,(H,40,42)(H,41,46). The van der Waals surface area contributed by atoms with Crippen LogP contribution in [0.25, 0.3) is 11.2 Å². The number of nitrogens with zero attached hydrogens (tertiary/aromatic N) is 7. The number of carbonyl (C=O) groups is 2. The van der Waals surface area contributed by atoms with Crippen LogP contribution in [0.5, 0.6) is 5.75 Å². The molecular formula is C32H33ClF3N9O4. The zero-order valence-electron chi connectivity index (χ0n) is 26.6. The van der Waals surface area contributed by atoms with Crippen molar-refractivity contribution in [3.63, 3.8) is 0 Å². The number of pyridine rings is 1. The summed E-state index contributed by atoms with van der Waals surface area (Å²) >= 11 is 6.10. The van der Waals surface area contributed by atoms with Crippen molar-refractivity contribution in [3.8, 4) is 5.75 Å². The third-order valence-corrected chi connectivity index (χ3v) is 9.11. The predicted octanol–water partition coefficient (Wildman–Crippen LogP) is 4.40. The number of amides is 2. The Labute approximate surface area is 283 Å². The summed E-state index contributed by atoms with van der Waals surface area (Å²) in [6.45, 7) is 3.98. The Hall–Kier alpha value is -4.99. The summed E-state index contributed by atoms with van der Waals surface area (Å²) in [6.07, 6.45) is 1.44. The first-order valence-electron chi connectivity index (χ1n) is 15.8. The predicted molar refractivity (Wildman–Crippen MR) is 176 cm³/mol. The molecule has 1 aliphatic carbocycles. The maximum absolute atomic E-state index is 14.2. The second kappa shape index (κ2) is 13.5. The molecule has 258 valence electrons. The van der Waals surface area contributed by atoms with Crippen molar-refractivity contribution in [1.29, 1.82) is 0 Å². The van der Waals surface area contributed by atoms with Gasteiger partial charge in [0.15, 0.2) is 22.6 Å². The van der Waals surface area contributed by atoms with Gasteiger partial charge in [-0.2, -0.15) is 13.2 Å². The van der Waals surface area contributed by atoms with Gasteiger partial charge in [0.25, 0.3) is 5.91 Å². The Morgan fingerprint density at radius 2 is 1.84 bits per heavy atom. The van der Waals surface area contributed by atoms with Crippen LogP contribution in [0.15, 0.2) is 35.5 Å². The number of alkyl halides is 3. The zero-order valence-corrected chi connectivity index (χ0v) is 27.4. The highest BCUT2D eigenvalue weighted by atomic mass is 35.5. The maximum Gasteiger partial charge on any atom is 0.416 e. The van der Waals surface area contributed by atoms with E-state index in [-0.39, 0.29) is 83.2 Å². The quantitative estimate of drug-likeness (QED) is 0.241. The van der Waals surface area contributed by atoms with Crippen molar-refractivity contribution in [2.24, 2.45) is 0 Å². The molecule has 4 heterocycles. The molecule has 1 saturated heterocycles. The van der Waals surface area contributed by atoms with Gasteiger partial charge in [-0.3, -0.25) is 14.4 Å². The van der Waals surface area contributed by atoms with Crippen LogP contribution in [0, 0.1) is 6.92 Å². The van der Waals surface area contributed by atoms with Crippen LogP contribution >= 0.6 is 11.6 Å². The van der Waals surface area contributed by atoms with Gasteiger partial charge in [-0.1, -0.05) is 18.5 Å². The largest absolute Gasteiger partial charge is 0.504 e. The van der Waals surface area contributed by atoms with Gasteiger partial charge < -0.3 is 30.1 Å². The van der Waals surface area contributed by atoms with Crippen molar-refractivity contribution in [2.45, 2.75) is 58.3 Å². The molecule has 0 radical (unpaired) electrons. The molecular weight excluding hydrogens is 667 g/mol. The molecule has 0 spiro atoms. The van der Waals surface area contributed by atoms with Gasteiger partial charge in [0.1, 0.15) is 24.4 Å². The summed E-state index contributed by atoms with van der Waals surface area (Å²) in [5.41, 5.74) is -0.176. The van der Waals surface area contributed by atoms with E-state index in [1.807, 2.05) is 11.8 Å². The van der Waals surface area contributed by atoms with E-state index >= 15 is 0 Å². The van der Waals surface area contributed by atoms with Gasteiger partial charge in [-0.15, -0.1) is 0 Å². The Bertz CT molecular complexity index is 1990. The fraction of sp³-hybridized carbons (Fsp3) is 0.406. The number of hydrogen-bond acceptors (Lipinski definition) is 10. The van der Waals surface area contributed by atoms with E-state index < -0.39 is 23.6 Å². The van der Waals surface area contributed by atoms with Gasteiger partial charge in [0.2, 0.25) is 11.3 Å². The second-order valence-corrected chi connectivity index (χ2v) is 12.3. The molecule has 3 N–H and O–H groups in total. The van der Waals surface area contributed by atoms with Crippen LogP contribution in [0.2, 0.25) is 5.02 Å². The van der Waals surface area contributed by atoms with Crippen LogP contribution in [0.1, 0.15) is 53.6 Å². The molecule has 0 bridgehead atoms. The number of benzene rings is 1. The summed E-state index contributed by atoms with van der Waals surface area (Å²) in [7, 11) is 0. The summed E-state index contributed by atoms with van der Waals surface area (Å²) in [5, 5.41) is 15.9. The van der Waals surface area contributed by atoms with Crippen LogP contribution < -0.4 is 21.0 Å². The lowest BCUT2D eigenvalue weighted by atomic mass is 9.93. The van der Waals surface area contributed by atoms with E-state index in [2.05, 4.69) is 30.6 Å². The number of aromatic hydroxyl groups is 1. The topological polar surface area (TPSA) is 158 Å². The minimum atomic E-state index is -4.60. The molecule has 0 unspecified atom stereocenters. The van der Waals surface area contributed by atoms with Crippen molar-refractivity contribution >= 4 is 51.8 Å². The van der Waals surface area contributed by atoms with E-state index in [1.54, 1.807) is 11.5 Å². The van der Waals surface area contributed by atoms with E-state index in [0.717, 1.165) is 37.5 Å². The summed E-state index contributed by atoms with van der Waals surface area (Å²) in [6, 6.07) is 2.86. The number of anilines is 3. The first kappa shape index (κ1) is 33.9. The van der Waals surface area contributed by atoms with Gasteiger partial charge in [0, 0.05) is 37.9 Å². The molecule has 1 aromatic carbocycles. The average Bonchev–Trinajstić information content (AvgIpc) is 3.05. The normalized spacial score (nSPS) is 15.3. The highest BCUT2D eigenvalue weighted by Gasteiger charge is 2.32. The Morgan fingerprint density at radius 1 is 1.10 bits per heavy atom. The fourth-order valence-electron chi connectivity index (χ4n) is 5.95. The Balaban J connectivity index is 1.33. The summed E-state index contributed by atoms with van der Waals surface area (Å²) < 4.78 is 41.1. The third-order valence-electron chi connectivity index (χ3n) is 8.79. The van der Waals surface area contributed by atoms with Gasteiger partial charge in [-0.25, -0.2) is 19.9 Å². The lowest BCUT2D eigenvalue weighted by molar-refractivity contribution is -0.137. The minimum absolute atomic E-state index is 0.00735. The number of aromatic nitrogens is 5. The van der Waals surface area contributed by atoms with Crippen molar-refractivity contribution < 1.29 is 27.9 Å². The molecule has 2 amide bonds. The number of carbonyl (C=O) groups excluding carboxylic acids is 2. The molecule has 3 aromatic heterocycles. The summed E-state index contributed by atoms with van der Waals surface area (Å²) in [5.74, 6) is -0.944. The first-order chi connectivity index (χ1) is 23.3. The van der Waals surface area contributed by atoms with E-state index in [0.29, 0.717) is 23.6 Å². The lowest BCUT2D eigenvalue weighted by Crippen LogP contribution is -2.50. The highest BCUT2D eigenvalue weighted by Crippen LogP contribution is 2.34. The molecule has 13 nitrogen and oxygen atoms in total. The number of rotatable bonds is 8. The number of fused-ring (bicyclic) bond motifs is 1. The van der Waals surface area contributed by atoms with Gasteiger partial charge >= 0.3 is 6.18 Å². The van der Waals surface area contributed by atoms with E-state index in [1.165, 1.54) is 17.4 Å². The third kappa shape index (κ3) is 6.82. The lowest BCUT2D eigenvalue weighted by Gasteiger charge is -2.37. The SMILES string of the molecule is CCc1c(N2CCN(C(=O)c3ncnc(C)c3O)CC2)c(=O)c2nc(NC3CCC3)cnc2n1CC(=O)Nc1ccc(C(F)(F)F)cc1Cl. The first-order valence-corrected chi connectivity index (χ1v) is 16.1. The van der Waals surface area contributed by atoms with E-state index in [9.17, 15) is 32.7 Å². The van der Waals surface area contributed by atoms with Crippen molar-refractivity contribution in [3.05, 3.63) is 68.6 Å². The second-order valence-electron chi connectivity index (χ2n) is 11.9. The fourth-order valence-corrected chi connectivity index (χ4v) is 6.18. The number of aryl methyl sites for hydroxylation is 1. The van der Waals surface area contributed by atoms with E-state index in [4.69, 9.17) is 11.6 Å². The molecule has 1 saturated carbocycles. The number of halogens is 4. The number of nitrogens with one attached hydrogen (secondary N) is 2. The molecule has 2 aliphatic rings. The molecule has 1 aliphatic heterocycles. The molecule has 0 atom stereocenters. The Kier molecular flexibility index (Phi) is 9.33. The number of piperazine rings is 1. The molecule has 6 rings (SSSR count). The monoisotopic (exact) mass is 699 g/mol. The highest BCUT2D eigenvalue weighted by molar-refractivity contribution is 6.33. The molecule has 2 fully saturated rings. The van der Waals surface area contributed by atoms with Crippen molar-refractivity contribution in [1.82, 2.24) is 29.4 Å². The number of hydrogen-bond donors (Lipinski definition) is 3. The minimum Gasteiger partial charge on any atom is -0.504 e. The smallest absolute Gasteiger partial charge is 0.416 e. The van der Waals surface area contributed by atoms with Crippen LogP contribution in [0.3, 0.4) is 0 Å². The van der Waals surface area contributed by atoms with Gasteiger partial charge in [0.05, 0.1) is 28.2 Å². The molecule has 4 aromatic rings. The van der Waals surface area contributed by atoms with Crippen LogP contribution in [0.4, 0.5) is 30.4 Å². The maximum atomic E-state index is 14.2. The molecule has 17 heteroatoms. The Morgan fingerprint density at radius 3 is 2.47 bits per heavy atom. The van der Waals surface area contributed by atoms with Gasteiger partial charge in [-0.05, 0) is 50.8 Å². The van der Waals surface area contributed by atoms with Crippen molar-refractivity contribution in [2.75, 3.05) is 41.7 Å². The zero-order chi connectivity index (χ0) is 35.0. The average molecular weight is 700 g/mol. The summed E-state index contributed by atoms with van der Waals surface area (Å²) in [4.78, 5) is 61.2. The molecule has 49 heavy (non-hydrogen) atoms.